The van der Waals surface area contributed by atoms with Crippen molar-refractivity contribution in [3.8, 4) is 22.6 Å². The zero-order valence-corrected chi connectivity index (χ0v) is 20.7. The third-order valence-electron chi connectivity index (χ3n) is 5.93. The van der Waals surface area contributed by atoms with Crippen LogP contribution in [0.1, 0.15) is 19.8 Å². The van der Waals surface area contributed by atoms with Crippen LogP contribution in [0.15, 0.2) is 90.8 Å². The van der Waals surface area contributed by atoms with Crippen molar-refractivity contribution in [3.63, 3.8) is 0 Å². The molecule has 1 atom stereocenters. The molecule has 2 aromatic carbocycles. The molecule has 0 radical (unpaired) electrons. The Balaban J connectivity index is 1.57. The number of aromatic nitrogens is 1. The summed E-state index contributed by atoms with van der Waals surface area (Å²) in [5.74, 6) is -0.586. The Labute approximate surface area is 213 Å². The van der Waals surface area contributed by atoms with Crippen LogP contribution in [0.2, 0.25) is 0 Å². The van der Waals surface area contributed by atoms with Gasteiger partial charge in [0.25, 0.3) is 0 Å². The molecule has 10 heteroatoms. The van der Waals surface area contributed by atoms with Gasteiger partial charge in [-0.3, -0.25) is 4.79 Å². The second-order valence-electron chi connectivity index (χ2n) is 8.46. The fraction of sp³-hybridized carbons (Fsp3) is 0.222. The molecule has 3 aromatic rings. The van der Waals surface area contributed by atoms with Gasteiger partial charge in [-0.2, -0.15) is 0 Å². The standard InChI is InChI=1S/C27H25F3N2O4S/c1-2-37(34,35)21-12-9-19(10-13-21)17-26(33)31-20-11-14-22(24(18-20)32-15-5-6-16-32)23-7-3-4-8-25(23)36-27(28,29)30/h3-12,14-16,18,21H,2,13,17H2,1H3,(H,31,33). The lowest BCUT2D eigenvalue weighted by molar-refractivity contribution is -0.274. The summed E-state index contributed by atoms with van der Waals surface area (Å²) in [7, 11) is -3.19. The maximum Gasteiger partial charge on any atom is 0.573 e. The van der Waals surface area contributed by atoms with Crippen LogP contribution in [0.5, 0.6) is 5.75 Å². The van der Waals surface area contributed by atoms with E-state index in [0.717, 1.165) is 0 Å². The number of para-hydroxylation sites is 1. The number of allylic oxidation sites excluding steroid dienone is 2. The molecule has 1 aliphatic carbocycles. The molecule has 1 unspecified atom stereocenters. The van der Waals surface area contributed by atoms with Crippen LogP contribution in [0.25, 0.3) is 16.8 Å². The quantitative estimate of drug-likeness (QED) is 0.384. The van der Waals surface area contributed by atoms with E-state index in [1.807, 2.05) is 0 Å². The summed E-state index contributed by atoms with van der Waals surface area (Å²) < 4.78 is 69.1. The zero-order valence-electron chi connectivity index (χ0n) is 19.9. The third kappa shape index (κ3) is 6.51. The fourth-order valence-electron chi connectivity index (χ4n) is 4.10. The highest BCUT2D eigenvalue weighted by Gasteiger charge is 2.32. The van der Waals surface area contributed by atoms with E-state index in [9.17, 15) is 26.4 Å². The van der Waals surface area contributed by atoms with E-state index in [4.69, 9.17) is 0 Å². The van der Waals surface area contributed by atoms with Gasteiger partial charge in [-0.1, -0.05) is 49.4 Å². The number of carbonyl (C=O) groups excluding carboxylic acids is 1. The average Bonchev–Trinajstić information content (AvgIpc) is 3.39. The molecule has 6 nitrogen and oxygen atoms in total. The Kier molecular flexibility index (Phi) is 7.58. The first-order valence-electron chi connectivity index (χ1n) is 11.6. The van der Waals surface area contributed by atoms with Crippen LogP contribution < -0.4 is 10.1 Å². The molecule has 0 saturated carbocycles. The summed E-state index contributed by atoms with van der Waals surface area (Å²) in [6, 6.07) is 14.3. The number of halogens is 3. The normalized spacial score (nSPS) is 15.8. The van der Waals surface area contributed by atoms with Gasteiger partial charge < -0.3 is 14.6 Å². The topological polar surface area (TPSA) is 77.4 Å². The SMILES string of the molecule is CCS(=O)(=O)C1C=CC(CC(=O)Nc2ccc(-c3ccccc3OC(F)(F)F)c(-n3cccc3)c2)=CC1. The number of anilines is 1. The van der Waals surface area contributed by atoms with E-state index >= 15 is 0 Å². The first-order chi connectivity index (χ1) is 17.6. The monoisotopic (exact) mass is 530 g/mol. The number of ether oxygens (including phenoxy) is 1. The van der Waals surface area contributed by atoms with Crippen LogP contribution in [0.3, 0.4) is 0 Å². The van der Waals surface area contributed by atoms with Gasteiger partial charge in [0.05, 0.1) is 17.4 Å². The van der Waals surface area contributed by atoms with E-state index in [1.165, 1.54) is 18.2 Å². The van der Waals surface area contributed by atoms with Crippen molar-refractivity contribution in [1.29, 1.82) is 0 Å². The number of alkyl halides is 3. The summed E-state index contributed by atoms with van der Waals surface area (Å²) in [6.45, 7) is 1.60. The summed E-state index contributed by atoms with van der Waals surface area (Å²) in [6.07, 6.45) is 4.04. The number of hydrogen-bond donors (Lipinski definition) is 1. The van der Waals surface area contributed by atoms with E-state index in [2.05, 4.69) is 10.1 Å². The summed E-state index contributed by atoms with van der Waals surface area (Å²) in [5, 5.41) is 2.24. The highest BCUT2D eigenvalue weighted by atomic mass is 32.2. The van der Waals surface area contributed by atoms with Gasteiger partial charge in [0.2, 0.25) is 5.91 Å². The fourth-order valence-corrected chi connectivity index (χ4v) is 5.23. The zero-order chi connectivity index (χ0) is 26.6. The maximum atomic E-state index is 13.0. The molecule has 1 heterocycles. The molecule has 0 bridgehead atoms. The van der Waals surface area contributed by atoms with Gasteiger partial charge >= 0.3 is 6.36 Å². The van der Waals surface area contributed by atoms with Crippen LogP contribution in [0, 0.1) is 0 Å². The lowest BCUT2D eigenvalue weighted by Gasteiger charge is -2.18. The van der Waals surface area contributed by atoms with Gasteiger partial charge in [0, 0.05) is 35.0 Å². The number of hydrogen-bond acceptors (Lipinski definition) is 4. The Morgan fingerprint density at radius 1 is 1.08 bits per heavy atom. The first kappa shape index (κ1) is 26.3. The Morgan fingerprint density at radius 2 is 1.81 bits per heavy atom. The molecule has 0 spiro atoms. The Morgan fingerprint density at radius 3 is 2.46 bits per heavy atom. The predicted molar refractivity (Wildman–Crippen MR) is 136 cm³/mol. The molecule has 0 fully saturated rings. The Bertz CT molecular complexity index is 1440. The largest absolute Gasteiger partial charge is 0.573 e. The van der Waals surface area contributed by atoms with E-state index in [-0.39, 0.29) is 29.4 Å². The van der Waals surface area contributed by atoms with Gasteiger partial charge in [0.1, 0.15) is 5.75 Å². The molecule has 0 aliphatic heterocycles. The molecular weight excluding hydrogens is 505 g/mol. The van der Waals surface area contributed by atoms with Gasteiger partial charge in [-0.15, -0.1) is 13.2 Å². The lowest BCUT2D eigenvalue weighted by Crippen LogP contribution is -2.22. The molecular formula is C27H25F3N2O4S. The highest BCUT2D eigenvalue weighted by Crippen LogP contribution is 2.38. The van der Waals surface area contributed by atoms with Crippen molar-refractivity contribution >= 4 is 21.4 Å². The number of nitrogens with zero attached hydrogens (tertiary/aromatic N) is 1. The van der Waals surface area contributed by atoms with Gasteiger partial charge in [-0.05, 0) is 42.3 Å². The number of rotatable bonds is 8. The molecule has 194 valence electrons. The van der Waals surface area contributed by atoms with Crippen molar-refractivity contribution in [2.75, 3.05) is 11.1 Å². The molecule has 0 saturated heterocycles. The minimum Gasteiger partial charge on any atom is -0.405 e. The lowest BCUT2D eigenvalue weighted by atomic mass is 10.0. The second-order valence-corrected chi connectivity index (χ2v) is 11.0. The maximum absolute atomic E-state index is 13.0. The van der Waals surface area contributed by atoms with Gasteiger partial charge in [0.15, 0.2) is 9.84 Å². The van der Waals surface area contributed by atoms with Crippen LogP contribution in [0.4, 0.5) is 18.9 Å². The van der Waals surface area contributed by atoms with Crippen molar-refractivity contribution in [1.82, 2.24) is 4.57 Å². The number of benzene rings is 2. The number of carbonyl (C=O) groups is 1. The molecule has 4 rings (SSSR count). The summed E-state index contributed by atoms with van der Waals surface area (Å²) >= 11 is 0. The van der Waals surface area contributed by atoms with Crippen molar-refractivity contribution < 1.29 is 31.1 Å². The van der Waals surface area contributed by atoms with Crippen LogP contribution in [-0.2, 0) is 14.6 Å². The molecule has 37 heavy (non-hydrogen) atoms. The Hall–Kier alpha value is -3.79. The molecule has 1 N–H and O–H groups in total. The molecule has 1 amide bonds. The molecule has 1 aromatic heterocycles. The summed E-state index contributed by atoms with van der Waals surface area (Å²) in [5.41, 5.74) is 2.44. The minimum absolute atomic E-state index is 0.0538. The number of amides is 1. The number of sulfone groups is 1. The van der Waals surface area contributed by atoms with Crippen molar-refractivity contribution in [2.24, 2.45) is 0 Å². The van der Waals surface area contributed by atoms with Crippen molar-refractivity contribution in [2.45, 2.75) is 31.4 Å². The third-order valence-corrected chi connectivity index (χ3v) is 8.01. The minimum atomic E-state index is -4.85. The number of nitrogens with one attached hydrogen (secondary N) is 1. The van der Waals surface area contributed by atoms with E-state index in [0.29, 0.717) is 28.9 Å². The van der Waals surface area contributed by atoms with Crippen LogP contribution in [-0.4, -0.2) is 36.3 Å². The van der Waals surface area contributed by atoms with E-state index in [1.54, 1.807) is 78.5 Å². The average molecular weight is 531 g/mol. The second kappa shape index (κ2) is 10.7. The first-order valence-corrected chi connectivity index (χ1v) is 13.3. The predicted octanol–water partition coefficient (Wildman–Crippen LogP) is 6.06. The van der Waals surface area contributed by atoms with Crippen LogP contribution >= 0.6 is 0 Å². The van der Waals surface area contributed by atoms with E-state index < -0.39 is 21.4 Å². The highest BCUT2D eigenvalue weighted by molar-refractivity contribution is 7.92. The smallest absolute Gasteiger partial charge is 0.405 e. The molecule has 1 aliphatic rings. The summed E-state index contributed by atoms with van der Waals surface area (Å²) in [4.78, 5) is 12.7. The van der Waals surface area contributed by atoms with Gasteiger partial charge in [-0.25, -0.2) is 8.42 Å². The van der Waals surface area contributed by atoms with Crippen molar-refractivity contribution in [3.05, 3.63) is 90.8 Å².